The molecule has 0 saturated carbocycles. The minimum absolute atomic E-state index is 0.0754. The molecule has 2 aromatic heterocycles. The van der Waals surface area contributed by atoms with E-state index < -0.39 is 6.29 Å². The zero-order valence-corrected chi connectivity index (χ0v) is 55.3. The molecule has 0 saturated heterocycles. The van der Waals surface area contributed by atoms with Crippen LogP contribution in [0.2, 0.25) is 10.0 Å². The molecule has 0 aliphatic heterocycles. The van der Waals surface area contributed by atoms with Gasteiger partial charge >= 0.3 is 0 Å². The zero-order valence-electron chi connectivity index (χ0n) is 53.8. The second-order valence-electron chi connectivity index (χ2n) is 30.0. The summed E-state index contributed by atoms with van der Waals surface area (Å²) in [5.74, 6) is 1.19. The van der Waals surface area contributed by atoms with Gasteiger partial charge in [-0.15, -0.1) is 0 Å². The van der Waals surface area contributed by atoms with Crippen LogP contribution in [0.25, 0.3) is 77.2 Å². The molecule has 0 fully saturated rings. The van der Waals surface area contributed by atoms with Crippen LogP contribution in [-0.4, -0.2) is 25.6 Å². The number of rotatable bonds is 11. The van der Waals surface area contributed by atoms with Crippen LogP contribution in [0.3, 0.4) is 0 Å². The molecule has 0 aliphatic rings. The number of ether oxygens (including phenoxy) is 2. The normalized spacial score (nSPS) is 13.1. The van der Waals surface area contributed by atoms with E-state index in [-0.39, 0.29) is 44.0 Å². The van der Waals surface area contributed by atoms with E-state index >= 15 is 0 Å². The molecule has 2 heterocycles. The lowest BCUT2D eigenvalue weighted by atomic mass is 9.84. The van der Waals surface area contributed by atoms with Crippen molar-refractivity contribution in [2.75, 3.05) is 0 Å². The smallest absolute Gasteiger partial charge is 0.241 e. The van der Waals surface area contributed by atoms with E-state index in [4.69, 9.17) is 32.7 Å². The number of hydrogen-bond acceptors (Lipinski definition) is 4. The molecule has 0 unspecified atom stereocenters. The van der Waals surface area contributed by atoms with E-state index in [1.165, 1.54) is 22.3 Å². The van der Waals surface area contributed by atoms with Crippen LogP contribution >= 0.6 is 23.2 Å². The fourth-order valence-electron chi connectivity index (χ4n) is 11.7. The van der Waals surface area contributed by atoms with Gasteiger partial charge in [0.05, 0.1) is 33.4 Å². The first-order valence-electron chi connectivity index (χ1n) is 30.4. The lowest BCUT2D eigenvalue weighted by Gasteiger charge is -2.27. The number of unbranched alkanes of at least 4 members (excludes halogenated alkanes) is 1. The summed E-state index contributed by atoms with van der Waals surface area (Å²) in [7, 11) is 0. The van der Waals surface area contributed by atoms with Crippen molar-refractivity contribution in [3.63, 3.8) is 0 Å². The minimum atomic E-state index is -0.822. The highest BCUT2D eigenvalue weighted by molar-refractivity contribution is 6.31. The molecule has 0 amide bonds. The van der Waals surface area contributed by atoms with Crippen LogP contribution in [0.4, 0.5) is 0 Å². The van der Waals surface area contributed by atoms with Crippen molar-refractivity contribution < 1.29 is 19.7 Å². The van der Waals surface area contributed by atoms with Crippen molar-refractivity contribution in [3.8, 4) is 56.6 Å². The van der Waals surface area contributed by atoms with Crippen LogP contribution < -0.4 is 9.47 Å². The van der Waals surface area contributed by atoms with Gasteiger partial charge in [0.15, 0.2) is 0 Å². The Kier molecular flexibility index (Phi) is 15.7. The maximum Gasteiger partial charge on any atom is 0.241 e. The summed E-state index contributed by atoms with van der Waals surface area (Å²) in [6, 6.07) is 46.6. The molecular weight excluding hydrogens is 1090 g/mol. The molecule has 0 aliphatic carbocycles. The number of benzene rings is 8. The summed E-state index contributed by atoms with van der Waals surface area (Å²) in [5.41, 5.74) is 13.8. The molecule has 0 bridgehead atoms. The topological polar surface area (TPSA) is 68.8 Å². The SMILES string of the molecule is CCCCC(Oc1ccc(Cl)cc1-c1cc(C(C)(C)C)cc(-n2c3ccc(C(C)(C)C)cc3c3cc(C(C)(C)C)ccc32)c1O)Oc1ccc(Cl)cc1-c1cc(C(C)(C)C)cc(-n2c3ccc(C(C)(C)C)cc3c3cc(C(C)(C)C)ccc32)c1O. The van der Waals surface area contributed by atoms with E-state index in [1.54, 1.807) is 0 Å². The Morgan fingerprint density at radius 1 is 0.365 bits per heavy atom. The molecule has 444 valence electrons. The highest BCUT2D eigenvalue weighted by Crippen LogP contribution is 2.50. The van der Waals surface area contributed by atoms with Crippen LogP contribution in [0.15, 0.2) is 133 Å². The molecule has 8 aromatic carbocycles. The Labute approximate surface area is 515 Å². The molecule has 6 nitrogen and oxygen atoms in total. The Morgan fingerprint density at radius 3 is 0.929 bits per heavy atom. The molecule has 85 heavy (non-hydrogen) atoms. The Bertz CT molecular complexity index is 3820. The fourth-order valence-corrected chi connectivity index (χ4v) is 12.1. The first-order valence-corrected chi connectivity index (χ1v) is 31.2. The highest BCUT2D eigenvalue weighted by atomic mass is 35.5. The third-order valence-electron chi connectivity index (χ3n) is 17.2. The average Bonchev–Trinajstić information content (AvgIpc) is 1.65. The molecule has 0 radical (unpaired) electrons. The molecule has 2 N–H and O–H groups in total. The Hall–Kier alpha value is -6.86. The lowest BCUT2D eigenvalue weighted by Crippen LogP contribution is -2.24. The summed E-state index contributed by atoms with van der Waals surface area (Å²) in [4.78, 5) is 0. The quantitative estimate of drug-likeness (QED) is 0.127. The first-order chi connectivity index (χ1) is 39.5. The number of hydrogen-bond donors (Lipinski definition) is 2. The van der Waals surface area contributed by atoms with Crippen LogP contribution in [0.1, 0.15) is 184 Å². The van der Waals surface area contributed by atoms with E-state index in [0.717, 1.165) is 67.6 Å². The van der Waals surface area contributed by atoms with E-state index in [9.17, 15) is 10.2 Å². The van der Waals surface area contributed by atoms with Gasteiger partial charge in [-0.05, 0) is 181 Å². The third kappa shape index (κ3) is 11.9. The van der Waals surface area contributed by atoms with Gasteiger partial charge < -0.3 is 28.8 Å². The van der Waals surface area contributed by atoms with E-state index in [1.807, 2.05) is 36.4 Å². The van der Waals surface area contributed by atoms with Gasteiger partial charge in [-0.2, -0.15) is 0 Å². The van der Waals surface area contributed by atoms with Gasteiger partial charge in [0.2, 0.25) is 6.29 Å². The number of aromatic hydroxyl groups is 2. The third-order valence-corrected chi connectivity index (χ3v) is 17.6. The van der Waals surface area contributed by atoms with Crippen LogP contribution in [-0.2, 0) is 32.5 Å². The van der Waals surface area contributed by atoms with Crippen molar-refractivity contribution in [1.29, 1.82) is 0 Å². The number of phenols is 2. The summed E-state index contributed by atoms with van der Waals surface area (Å²) in [5, 5.41) is 31.7. The van der Waals surface area contributed by atoms with Gasteiger partial charge in [-0.3, -0.25) is 0 Å². The maximum absolute atomic E-state index is 13.1. The number of fused-ring (bicyclic) bond motifs is 6. The highest BCUT2D eigenvalue weighted by Gasteiger charge is 2.31. The standard InChI is InChI=1S/C77H88Cl2N2O4/c1-20-21-22-69(84-67-33-27-51(78)43-57(67)59-39-49(76(14,15)16)41-65(70(59)82)80-61-29-23-45(72(2,3)4)35-53(61)54-36-46(73(5,6)7)24-30-62(54)80)85-68-34-28-52(79)44-58(68)60-40-50(77(17,18)19)42-66(71(60)83)81-63-31-25-47(74(8,9)10)37-55(63)56-38-48(75(11,12)13)26-32-64(56)81/h23-44,69,82-83H,20-22H2,1-19H3. The molecule has 10 rings (SSSR count). The average molecular weight is 1180 g/mol. The van der Waals surface area contributed by atoms with Gasteiger partial charge in [0.25, 0.3) is 0 Å². The largest absolute Gasteiger partial charge is 0.505 e. The number of aromatic nitrogens is 2. The fraction of sp³-hybridized carbons (Fsp3) is 0.377. The summed E-state index contributed by atoms with van der Waals surface area (Å²) >= 11 is 14.0. The van der Waals surface area contributed by atoms with Crippen molar-refractivity contribution in [2.45, 2.75) is 190 Å². The summed E-state index contributed by atoms with van der Waals surface area (Å²) in [6.07, 6.45) is 1.39. The van der Waals surface area contributed by atoms with Crippen LogP contribution in [0.5, 0.6) is 23.0 Å². The van der Waals surface area contributed by atoms with Gasteiger partial charge in [0, 0.05) is 60.3 Å². The molecule has 8 heteroatoms. The molecule has 0 spiro atoms. The number of halogens is 2. The maximum atomic E-state index is 13.1. The van der Waals surface area contributed by atoms with E-state index in [2.05, 4.69) is 238 Å². The van der Waals surface area contributed by atoms with Gasteiger partial charge in [-0.1, -0.05) is 185 Å². The number of phenolic OH excluding ortho intramolecular Hbond substituents is 2. The van der Waals surface area contributed by atoms with E-state index in [0.29, 0.717) is 61.6 Å². The number of nitrogens with zero attached hydrogens (tertiary/aromatic N) is 2. The lowest BCUT2D eigenvalue weighted by molar-refractivity contribution is -0.00129. The second-order valence-corrected chi connectivity index (χ2v) is 30.8. The predicted molar refractivity (Wildman–Crippen MR) is 363 cm³/mol. The van der Waals surface area contributed by atoms with Crippen molar-refractivity contribution in [1.82, 2.24) is 9.13 Å². The van der Waals surface area contributed by atoms with Crippen LogP contribution in [0, 0.1) is 0 Å². The van der Waals surface area contributed by atoms with Crippen molar-refractivity contribution in [2.24, 2.45) is 0 Å². The molecule has 10 aromatic rings. The first kappa shape index (κ1) is 61.2. The second kappa shape index (κ2) is 21.8. The van der Waals surface area contributed by atoms with Crippen molar-refractivity contribution in [3.05, 3.63) is 177 Å². The van der Waals surface area contributed by atoms with Gasteiger partial charge in [0.1, 0.15) is 23.0 Å². The van der Waals surface area contributed by atoms with Crippen molar-refractivity contribution >= 4 is 66.8 Å². The predicted octanol–water partition coefficient (Wildman–Crippen LogP) is 22.7. The molecular formula is C77H88Cl2N2O4. The monoisotopic (exact) mass is 1170 g/mol. The minimum Gasteiger partial charge on any atom is -0.505 e. The Morgan fingerprint density at radius 2 is 0.659 bits per heavy atom. The summed E-state index contributed by atoms with van der Waals surface area (Å²) < 4.78 is 18.8. The zero-order chi connectivity index (χ0) is 61.8. The Balaban J connectivity index is 1.13. The summed E-state index contributed by atoms with van der Waals surface area (Å²) in [6.45, 7) is 42.3. The van der Waals surface area contributed by atoms with Gasteiger partial charge in [-0.25, -0.2) is 0 Å². The molecule has 0 atom stereocenters.